The smallest absolute Gasteiger partial charge is 0.222 e. The Morgan fingerprint density at radius 1 is 0.841 bits per heavy atom. The average Bonchev–Trinajstić information content (AvgIpc) is 3.07. The van der Waals surface area contributed by atoms with Crippen molar-refractivity contribution in [3.05, 3.63) is 115 Å². The molecule has 1 aromatic heterocycles. The fourth-order valence-electron chi connectivity index (χ4n) is 5.94. The summed E-state index contributed by atoms with van der Waals surface area (Å²) in [7, 11) is 4.25. The van der Waals surface area contributed by atoms with Gasteiger partial charge in [0, 0.05) is 69.5 Å². The molecule has 44 heavy (non-hydrogen) atoms. The quantitative estimate of drug-likeness (QED) is 0.291. The summed E-state index contributed by atoms with van der Waals surface area (Å²) in [4.78, 5) is 32.3. The van der Waals surface area contributed by atoms with Crippen LogP contribution in [0.4, 0.5) is 11.4 Å². The van der Waals surface area contributed by atoms with E-state index in [1.165, 1.54) is 5.56 Å². The fourth-order valence-corrected chi connectivity index (χ4v) is 5.94. The number of para-hydroxylation sites is 1. The molecule has 1 atom stereocenters. The molecule has 0 spiro atoms. The molecule has 2 aliphatic rings. The van der Waals surface area contributed by atoms with Crippen LogP contribution in [0.25, 0.3) is 11.1 Å². The van der Waals surface area contributed by atoms with Crippen molar-refractivity contribution in [2.75, 3.05) is 58.3 Å². The second-order valence-corrected chi connectivity index (χ2v) is 11.7. The molecule has 6 rings (SSSR count). The molecule has 1 unspecified atom stereocenters. The van der Waals surface area contributed by atoms with Crippen molar-refractivity contribution in [3.8, 4) is 11.1 Å². The summed E-state index contributed by atoms with van der Waals surface area (Å²) in [6.07, 6.45) is 3.82. The van der Waals surface area contributed by atoms with Crippen LogP contribution in [0.2, 0.25) is 0 Å². The lowest BCUT2D eigenvalue weighted by Gasteiger charge is -2.45. The number of carbonyl (C=O) groups is 1. The normalized spacial score (nSPS) is 16.9. The maximum absolute atomic E-state index is 13.5. The van der Waals surface area contributed by atoms with Crippen molar-refractivity contribution in [3.63, 3.8) is 0 Å². The predicted octanol–water partition coefficient (Wildman–Crippen LogP) is 5.18. The molecule has 8 nitrogen and oxygen atoms in total. The van der Waals surface area contributed by atoms with E-state index in [0.29, 0.717) is 13.0 Å². The molecule has 3 aromatic carbocycles. The van der Waals surface area contributed by atoms with Gasteiger partial charge in [-0.05, 0) is 61.1 Å². The third-order valence-corrected chi connectivity index (χ3v) is 8.43. The van der Waals surface area contributed by atoms with Crippen LogP contribution >= 0.6 is 0 Å². The van der Waals surface area contributed by atoms with E-state index >= 15 is 0 Å². The molecule has 226 valence electrons. The number of aromatic nitrogens is 1. The molecular weight excluding hydrogens is 546 g/mol. The number of nitrogens with one attached hydrogen (secondary N) is 1. The van der Waals surface area contributed by atoms with Gasteiger partial charge in [-0.3, -0.25) is 14.7 Å². The molecule has 4 aromatic rings. The molecule has 1 N–H and O–H groups in total. The van der Waals surface area contributed by atoms with Crippen molar-refractivity contribution in [2.45, 2.75) is 19.0 Å². The lowest BCUT2D eigenvalue weighted by molar-refractivity contribution is -0.121. The molecular formula is C36H41N7O. The van der Waals surface area contributed by atoms with E-state index in [9.17, 15) is 4.79 Å². The van der Waals surface area contributed by atoms with Crippen molar-refractivity contribution in [1.29, 1.82) is 0 Å². The van der Waals surface area contributed by atoms with E-state index < -0.39 is 0 Å². The second-order valence-electron chi connectivity index (χ2n) is 11.7. The van der Waals surface area contributed by atoms with Gasteiger partial charge in [-0.2, -0.15) is 0 Å². The van der Waals surface area contributed by atoms with Gasteiger partial charge in [0.2, 0.25) is 11.9 Å². The number of aliphatic imine (C=N–C) groups is 1. The molecule has 0 bridgehead atoms. The van der Waals surface area contributed by atoms with Crippen LogP contribution < -0.4 is 10.2 Å². The molecule has 1 fully saturated rings. The van der Waals surface area contributed by atoms with E-state index in [1.54, 1.807) is 12.4 Å². The first kappa shape index (κ1) is 29.5. The summed E-state index contributed by atoms with van der Waals surface area (Å²) >= 11 is 0. The van der Waals surface area contributed by atoms with Gasteiger partial charge in [-0.25, -0.2) is 4.99 Å². The number of hydrogen-bond donors (Lipinski definition) is 1. The minimum atomic E-state index is -0.203. The molecule has 0 radical (unpaired) electrons. The summed E-state index contributed by atoms with van der Waals surface area (Å²) in [6.45, 7) is 6.30. The Bertz CT molecular complexity index is 1550. The van der Waals surface area contributed by atoms with Gasteiger partial charge in [0.1, 0.15) is 0 Å². The first-order valence-electron chi connectivity index (χ1n) is 15.4. The van der Waals surface area contributed by atoms with Crippen LogP contribution in [0.3, 0.4) is 0 Å². The largest absolute Gasteiger partial charge is 0.352 e. The highest BCUT2D eigenvalue weighted by atomic mass is 16.1. The van der Waals surface area contributed by atoms with E-state index in [4.69, 9.17) is 4.99 Å². The van der Waals surface area contributed by atoms with Crippen molar-refractivity contribution < 1.29 is 4.79 Å². The number of guanidine groups is 1. The number of amides is 1. The molecule has 8 heteroatoms. The Morgan fingerprint density at radius 2 is 1.52 bits per heavy atom. The van der Waals surface area contributed by atoms with Gasteiger partial charge < -0.3 is 20.0 Å². The highest BCUT2D eigenvalue weighted by molar-refractivity contribution is 6.01. The fraction of sp³-hybridized carbons (Fsp3) is 0.306. The number of nitrogens with zero attached hydrogens (tertiary/aromatic N) is 6. The highest BCUT2D eigenvalue weighted by Gasteiger charge is 2.36. The highest BCUT2D eigenvalue weighted by Crippen LogP contribution is 2.41. The standard InChI is InChI=1S/C36H41N7O/c1-40(2)20-21-41-22-24-42(25-23-41)36-39-33-11-7-6-10-32(33)34(26-35(44)38-27-28-16-18-37-19-17-28)43(36)31-14-12-30(13-15-31)29-8-4-3-5-9-29/h3-19,34H,20-27H2,1-2H3,(H,38,44). The summed E-state index contributed by atoms with van der Waals surface area (Å²) in [5.41, 5.74) is 6.39. The minimum Gasteiger partial charge on any atom is -0.352 e. The molecule has 1 saturated heterocycles. The summed E-state index contributed by atoms with van der Waals surface area (Å²) in [6, 6.07) is 31.0. The SMILES string of the molecule is CN(C)CCN1CCN(C2=Nc3ccccc3C(CC(=O)NCc3ccncc3)N2c2ccc(-c3ccccc3)cc2)CC1. The number of anilines is 1. The molecule has 0 aliphatic carbocycles. The lowest BCUT2D eigenvalue weighted by atomic mass is 9.96. The molecule has 1 amide bonds. The predicted molar refractivity (Wildman–Crippen MR) is 178 cm³/mol. The second kappa shape index (κ2) is 13.8. The van der Waals surface area contributed by atoms with Gasteiger partial charge in [0.05, 0.1) is 18.2 Å². The maximum atomic E-state index is 13.5. The first-order chi connectivity index (χ1) is 21.5. The van der Waals surface area contributed by atoms with Crippen LogP contribution in [-0.2, 0) is 11.3 Å². The molecule has 2 aliphatic heterocycles. The Kier molecular flexibility index (Phi) is 9.29. The minimum absolute atomic E-state index is 0.00211. The van der Waals surface area contributed by atoms with Crippen molar-refractivity contribution in [1.82, 2.24) is 25.0 Å². The monoisotopic (exact) mass is 587 g/mol. The van der Waals surface area contributed by atoms with Crippen molar-refractivity contribution in [2.24, 2.45) is 4.99 Å². The van der Waals surface area contributed by atoms with Gasteiger partial charge in [0.15, 0.2) is 0 Å². The number of pyridine rings is 1. The zero-order chi connectivity index (χ0) is 30.3. The van der Waals surface area contributed by atoms with Crippen LogP contribution in [0.15, 0.2) is 108 Å². The number of benzene rings is 3. The molecule has 0 saturated carbocycles. The Hall–Kier alpha value is -4.53. The number of hydrogen-bond acceptors (Lipinski definition) is 7. The van der Waals surface area contributed by atoms with E-state index in [-0.39, 0.29) is 11.9 Å². The summed E-state index contributed by atoms with van der Waals surface area (Å²) in [5, 5.41) is 3.15. The Morgan fingerprint density at radius 3 is 2.25 bits per heavy atom. The zero-order valence-electron chi connectivity index (χ0n) is 25.6. The van der Waals surface area contributed by atoms with Gasteiger partial charge in [-0.1, -0.05) is 60.7 Å². The average molecular weight is 588 g/mol. The zero-order valence-corrected chi connectivity index (χ0v) is 25.6. The van der Waals surface area contributed by atoms with E-state index in [2.05, 4.69) is 105 Å². The number of fused-ring (bicyclic) bond motifs is 1. The number of rotatable bonds is 9. The van der Waals surface area contributed by atoms with Crippen LogP contribution in [0.1, 0.15) is 23.6 Å². The summed E-state index contributed by atoms with van der Waals surface area (Å²) < 4.78 is 0. The summed E-state index contributed by atoms with van der Waals surface area (Å²) in [5.74, 6) is 0.914. The van der Waals surface area contributed by atoms with Gasteiger partial charge in [-0.15, -0.1) is 0 Å². The van der Waals surface area contributed by atoms with Crippen molar-refractivity contribution >= 4 is 23.2 Å². The number of carbonyl (C=O) groups excluding carboxylic acids is 1. The topological polar surface area (TPSA) is 67.3 Å². The third kappa shape index (κ3) is 6.98. The third-order valence-electron chi connectivity index (χ3n) is 8.43. The van der Waals surface area contributed by atoms with Gasteiger partial charge >= 0.3 is 0 Å². The van der Waals surface area contributed by atoms with E-state index in [1.807, 2.05) is 30.3 Å². The number of piperazine rings is 1. The molecule has 3 heterocycles. The maximum Gasteiger partial charge on any atom is 0.222 e. The number of likely N-dealkylation sites (N-methyl/N-ethyl adjacent to an activating group) is 1. The first-order valence-corrected chi connectivity index (χ1v) is 15.4. The van der Waals surface area contributed by atoms with E-state index in [0.717, 1.165) is 73.3 Å². The Labute approximate surface area is 260 Å². The van der Waals surface area contributed by atoms with Crippen LogP contribution in [-0.4, -0.2) is 84.9 Å². The van der Waals surface area contributed by atoms with Gasteiger partial charge in [0.25, 0.3) is 0 Å². The lowest BCUT2D eigenvalue weighted by Crippen LogP contribution is -2.56. The Balaban J connectivity index is 1.31. The van der Waals surface area contributed by atoms with Crippen LogP contribution in [0, 0.1) is 0 Å². The van der Waals surface area contributed by atoms with Crippen LogP contribution in [0.5, 0.6) is 0 Å².